The summed E-state index contributed by atoms with van der Waals surface area (Å²) in [7, 11) is -1.52. The lowest BCUT2D eigenvalue weighted by molar-refractivity contribution is 0.562. The Kier molecular flexibility index (Phi) is 8.29. The molecule has 0 bridgehead atoms. The van der Waals surface area contributed by atoms with Crippen molar-refractivity contribution >= 4 is 14.2 Å². The topological polar surface area (TPSA) is 29.4 Å². The minimum absolute atomic E-state index is 0.584. The van der Waals surface area contributed by atoms with Crippen molar-refractivity contribution in [2.24, 2.45) is 4.99 Å². The first kappa shape index (κ1) is 17.8. The van der Waals surface area contributed by atoms with E-state index in [2.05, 4.69) is 45.5 Å². The van der Waals surface area contributed by atoms with Gasteiger partial charge in [-0.25, -0.2) is 9.79 Å². The van der Waals surface area contributed by atoms with Gasteiger partial charge in [-0.1, -0.05) is 22.8 Å². The fourth-order valence-corrected chi connectivity index (χ4v) is 8.61. The molecule has 0 aliphatic carbocycles. The van der Waals surface area contributed by atoms with Crippen molar-refractivity contribution in [3.63, 3.8) is 0 Å². The Morgan fingerprint density at radius 3 is 1.74 bits per heavy atom. The van der Waals surface area contributed by atoms with Gasteiger partial charge in [-0.05, 0) is 45.3 Å². The van der Waals surface area contributed by atoms with E-state index in [4.69, 9.17) is 0 Å². The van der Waals surface area contributed by atoms with Gasteiger partial charge in [0.25, 0.3) is 0 Å². The van der Waals surface area contributed by atoms with Crippen molar-refractivity contribution in [2.75, 3.05) is 6.54 Å². The number of allylic oxidation sites excluding steroid dienone is 3. The van der Waals surface area contributed by atoms with Crippen LogP contribution in [0.3, 0.4) is 0 Å². The summed E-state index contributed by atoms with van der Waals surface area (Å²) in [6, 6.07) is 4.47. The molecule has 0 amide bonds. The first-order valence-corrected chi connectivity index (χ1v) is 9.61. The molecular formula is C16H27NOSi. The molecule has 0 radical (unpaired) electrons. The van der Waals surface area contributed by atoms with Crippen molar-refractivity contribution in [1.29, 1.82) is 0 Å². The molecule has 0 aliphatic rings. The SMILES string of the molecule is C=C(C)C[Si](CCCN=C=O)(CC(=C)C)CC(=C)C. The Bertz CT molecular complexity index is 351. The summed E-state index contributed by atoms with van der Waals surface area (Å²) >= 11 is 0. The molecule has 3 heteroatoms. The predicted molar refractivity (Wildman–Crippen MR) is 87.0 cm³/mol. The van der Waals surface area contributed by atoms with Crippen molar-refractivity contribution in [3.8, 4) is 0 Å². The highest BCUT2D eigenvalue weighted by atomic mass is 28.3. The van der Waals surface area contributed by atoms with Gasteiger partial charge >= 0.3 is 0 Å². The second kappa shape index (κ2) is 8.84. The molecule has 0 N–H and O–H groups in total. The highest BCUT2D eigenvalue weighted by Crippen LogP contribution is 2.35. The van der Waals surface area contributed by atoms with Crippen LogP contribution in [0.2, 0.25) is 24.2 Å². The minimum Gasteiger partial charge on any atom is -0.211 e. The minimum atomic E-state index is -1.52. The molecule has 2 nitrogen and oxygen atoms in total. The monoisotopic (exact) mass is 277 g/mol. The molecule has 0 spiro atoms. The predicted octanol–water partition coefficient (Wildman–Crippen LogP) is 4.89. The summed E-state index contributed by atoms with van der Waals surface area (Å²) in [4.78, 5) is 13.8. The molecule has 0 rings (SSSR count). The van der Waals surface area contributed by atoms with E-state index in [9.17, 15) is 4.79 Å². The smallest absolute Gasteiger partial charge is 0.211 e. The zero-order valence-corrected chi connectivity index (χ0v) is 13.7. The van der Waals surface area contributed by atoms with E-state index in [-0.39, 0.29) is 0 Å². The third-order valence-corrected chi connectivity index (χ3v) is 8.55. The first-order chi connectivity index (χ1) is 8.81. The van der Waals surface area contributed by atoms with Crippen molar-refractivity contribution < 1.29 is 4.79 Å². The fraction of sp³-hybridized carbons (Fsp3) is 0.562. The fourth-order valence-electron chi connectivity index (χ4n) is 2.95. The lowest BCUT2D eigenvalue weighted by Crippen LogP contribution is -2.34. The number of rotatable bonds is 10. The van der Waals surface area contributed by atoms with Gasteiger partial charge in [0.05, 0.1) is 14.6 Å². The molecule has 0 aromatic rings. The summed E-state index contributed by atoms with van der Waals surface area (Å²) in [6.07, 6.45) is 2.57. The highest BCUT2D eigenvalue weighted by molar-refractivity contribution is 6.81. The van der Waals surface area contributed by atoms with E-state index in [0.717, 1.165) is 30.6 Å². The van der Waals surface area contributed by atoms with Crippen LogP contribution in [0, 0.1) is 0 Å². The normalized spacial score (nSPS) is 10.7. The maximum absolute atomic E-state index is 10.1. The molecule has 0 heterocycles. The van der Waals surface area contributed by atoms with Crippen LogP contribution in [-0.4, -0.2) is 20.7 Å². The molecule has 0 aromatic heterocycles. The maximum atomic E-state index is 10.1. The van der Waals surface area contributed by atoms with Crippen LogP contribution in [-0.2, 0) is 4.79 Å². The summed E-state index contributed by atoms with van der Waals surface area (Å²) in [5.74, 6) is 0. The first-order valence-electron chi connectivity index (χ1n) is 6.78. The number of hydrogen-bond acceptors (Lipinski definition) is 2. The van der Waals surface area contributed by atoms with Gasteiger partial charge < -0.3 is 0 Å². The van der Waals surface area contributed by atoms with Crippen molar-refractivity contribution in [2.45, 2.75) is 51.4 Å². The number of aliphatic imine (C=N–C) groups is 1. The molecule has 0 aliphatic heterocycles. The quantitative estimate of drug-likeness (QED) is 0.184. The average molecular weight is 277 g/mol. The Morgan fingerprint density at radius 2 is 1.42 bits per heavy atom. The molecular weight excluding hydrogens is 250 g/mol. The third-order valence-electron chi connectivity index (χ3n) is 3.07. The van der Waals surface area contributed by atoms with Crippen LogP contribution in [0.5, 0.6) is 0 Å². The number of isocyanates is 1. The largest absolute Gasteiger partial charge is 0.234 e. The van der Waals surface area contributed by atoms with E-state index in [1.165, 1.54) is 16.7 Å². The van der Waals surface area contributed by atoms with Crippen molar-refractivity contribution in [3.05, 3.63) is 36.5 Å². The molecule has 0 saturated carbocycles. The molecule has 0 atom stereocenters. The van der Waals surface area contributed by atoms with Gasteiger partial charge in [0, 0.05) is 0 Å². The van der Waals surface area contributed by atoms with Crippen LogP contribution >= 0.6 is 0 Å². The lowest BCUT2D eigenvalue weighted by atomic mass is 10.4. The average Bonchev–Trinajstić information content (AvgIpc) is 2.21. The van der Waals surface area contributed by atoms with Gasteiger partial charge in [0.2, 0.25) is 6.08 Å². The molecule has 106 valence electrons. The van der Waals surface area contributed by atoms with Gasteiger partial charge in [0.15, 0.2) is 0 Å². The number of hydrogen-bond donors (Lipinski definition) is 0. The standard InChI is InChI=1S/C16H27NOSi/c1-14(2)10-19(11-15(3)4,12-16(5)6)9-7-8-17-13-18/h1,3,5,7-12H2,2,4,6H3. The van der Waals surface area contributed by atoms with E-state index < -0.39 is 8.07 Å². The molecule has 19 heavy (non-hydrogen) atoms. The summed E-state index contributed by atoms with van der Waals surface area (Å²) in [5, 5.41) is 0. The number of nitrogens with zero attached hydrogens (tertiary/aromatic N) is 1. The molecule has 0 unspecified atom stereocenters. The third kappa shape index (κ3) is 8.52. The summed E-state index contributed by atoms with van der Waals surface area (Å²) in [5.41, 5.74) is 3.73. The van der Waals surface area contributed by atoms with Gasteiger partial charge in [-0.15, -0.1) is 19.7 Å². The Morgan fingerprint density at radius 1 is 1.00 bits per heavy atom. The Balaban J connectivity index is 4.97. The van der Waals surface area contributed by atoms with E-state index in [1.807, 2.05) is 0 Å². The summed E-state index contributed by atoms with van der Waals surface area (Å²) < 4.78 is 0. The van der Waals surface area contributed by atoms with Gasteiger partial charge in [0.1, 0.15) is 0 Å². The Hall–Kier alpha value is -1.18. The zero-order valence-electron chi connectivity index (χ0n) is 12.7. The van der Waals surface area contributed by atoms with E-state index >= 15 is 0 Å². The molecule has 0 aromatic carbocycles. The van der Waals surface area contributed by atoms with Crippen LogP contribution < -0.4 is 0 Å². The lowest BCUT2D eigenvalue weighted by Gasteiger charge is -2.33. The van der Waals surface area contributed by atoms with Gasteiger partial charge in [-0.3, -0.25) is 0 Å². The second-order valence-electron chi connectivity index (χ2n) is 5.98. The Labute approximate surface area is 119 Å². The summed E-state index contributed by atoms with van der Waals surface area (Å²) in [6.45, 7) is 19.1. The van der Waals surface area contributed by atoms with Crippen LogP contribution in [0.1, 0.15) is 27.2 Å². The van der Waals surface area contributed by atoms with E-state index in [1.54, 1.807) is 6.08 Å². The molecule has 0 saturated heterocycles. The highest BCUT2D eigenvalue weighted by Gasteiger charge is 2.32. The molecule has 0 fully saturated rings. The number of carbonyl (C=O) groups excluding carboxylic acids is 1. The van der Waals surface area contributed by atoms with Gasteiger partial charge in [-0.2, -0.15) is 0 Å². The van der Waals surface area contributed by atoms with Crippen LogP contribution in [0.4, 0.5) is 0 Å². The van der Waals surface area contributed by atoms with Crippen molar-refractivity contribution in [1.82, 2.24) is 0 Å². The second-order valence-corrected chi connectivity index (χ2v) is 10.5. The van der Waals surface area contributed by atoms with E-state index in [0.29, 0.717) is 6.54 Å². The van der Waals surface area contributed by atoms with Crippen LogP contribution in [0.15, 0.2) is 41.4 Å². The zero-order chi connectivity index (χ0) is 14.9. The maximum Gasteiger partial charge on any atom is 0.234 e. The van der Waals surface area contributed by atoms with Crippen LogP contribution in [0.25, 0.3) is 0 Å².